The maximum atomic E-state index is 12.0. The van der Waals surface area contributed by atoms with Crippen LogP contribution in [0.25, 0.3) is 0 Å². The highest BCUT2D eigenvalue weighted by molar-refractivity contribution is 5.73. The van der Waals surface area contributed by atoms with Crippen molar-refractivity contribution in [2.75, 3.05) is 13.2 Å². The quantitative estimate of drug-likeness (QED) is 0.717. The number of benzene rings is 1. The molecule has 3 N–H and O–H groups in total. The number of hydrogen-bond donors (Lipinski definition) is 3. The Bertz CT molecular complexity index is 533. The number of nitrogens with one attached hydrogen (secondary N) is 2. The number of carbonyl (C=O) groups excluding carboxylic acids is 1. The first-order chi connectivity index (χ1) is 11.6. The lowest BCUT2D eigenvalue weighted by molar-refractivity contribution is 0.101. The summed E-state index contributed by atoms with van der Waals surface area (Å²) in [5.41, 5.74) is 2.13. The van der Waals surface area contributed by atoms with Gasteiger partial charge in [0.05, 0.1) is 12.7 Å². The molecule has 2 amide bonds. The molecule has 1 fully saturated rings. The highest BCUT2D eigenvalue weighted by Gasteiger charge is 2.20. The Labute approximate surface area is 144 Å². The smallest absolute Gasteiger partial charge is 0.315 e. The summed E-state index contributed by atoms with van der Waals surface area (Å²) >= 11 is 0. The summed E-state index contributed by atoms with van der Waals surface area (Å²) in [6, 6.07) is 5.86. The van der Waals surface area contributed by atoms with Crippen LogP contribution in [-0.2, 0) is 6.54 Å². The number of aliphatic hydroxyl groups is 1. The molecule has 1 aliphatic carbocycles. The van der Waals surface area contributed by atoms with E-state index in [-0.39, 0.29) is 12.1 Å². The average molecular weight is 334 g/mol. The van der Waals surface area contributed by atoms with E-state index < -0.39 is 0 Å². The number of carbonyl (C=O) groups is 1. The Morgan fingerprint density at radius 3 is 2.92 bits per heavy atom. The third-order valence-electron chi connectivity index (χ3n) is 4.43. The first-order valence-corrected chi connectivity index (χ1v) is 9.00. The van der Waals surface area contributed by atoms with Gasteiger partial charge in [0.25, 0.3) is 0 Å². The second-order valence-electron chi connectivity index (χ2n) is 6.71. The first kappa shape index (κ1) is 18.6. The lowest BCUT2D eigenvalue weighted by Crippen LogP contribution is -2.39. The van der Waals surface area contributed by atoms with Crippen molar-refractivity contribution < 1.29 is 14.6 Å². The number of hydrogen-bond acceptors (Lipinski definition) is 3. The molecule has 134 valence electrons. The van der Waals surface area contributed by atoms with Crippen LogP contribution in [0.1, 0.15) is 50.2 Å². The maximum Gasteiger partial charge on any atom is 0.315 e. The van der Waals surface area contributed by atoms with Gasteiger partial charge >= 0.3 is 6.03 Å². The summed E-state index contributed by atoms with van der Waals surface area (Å²) in [6.07, 6.45) is 4.53. The van der Waals surface area contributed by atoms with Crippen LogP contribution in [0.4, 0.5) is 4.79 Å². The zero-order valence-electron chi connectivity index (χ0n) is 14.8. The van der Waals surface area contributed by atoms with Gasteiger partial charge in [0, 0.05) is 18.7 Å². The second-order valence-corrected chi connectivity index (χ2v) is 6.71. The molecule has 24 heavy (non-hydrogen) atoms. The van der Waals surface area contributed by atoms with Crippen LogP contribution in [0.5, 0.6) is 5.75 Å². The summed E-state index contributed by atoms with van der Waals surface area (Å²) in [4.78, 5) is 12.0. The van der Waals surface area contributed by atoms with Gasteiger partial charge in [-0.05, 0) is 50.2 Å². The van der Waals surface area contributed by atoms with Crippen molar-refractivity contribution in [3.8, 4) is 5.75 Å². The Kier molecular flexibility index (Phi) is 7.37. The number of ether oxygens (including phenoxy) is 1. The molecule has 0 aromatic heterocycles. The van der Waals surface area contributed by atoms with Gasteiger partial charge in [-0.15, -0.1) is 0 Å². The lowest BCUT2D eigenvalue weighted by atomic mass is 9.87. The van der Waals surface area contributed by atoms with Crippen molar-refractivity contribution >= 4 is 6.03 Å². The van der Waals surface area contributed by atoms with Gasteiger partial charge in [-0.1, -0.05) is 25.5 Å². The highest BCUT2D eigenvalue weighted by atomic mass is 16.5. The molecule has 0 heterocycles. The Balaban J connectivity index is 1.78. The van der Waals surface area contributed by atoms with Gasteiger partial charge < -0.3 is 20.5 Å². The fourth-order valence-electron chi connectivity index (χ4n) is 3.08. The molecule has 1 saturated carbocycles. The number of aliphatic hydroxyl groups excluding tert-OH is 1. The number of urea groups is 1. The lowest BCUT2D eigenvalue weighted by Gasteiger charge is -2.25. The van der Waals surface area contributed by atoms with Crippen LogP contribution in [0.2, 0.25) is 0 Å². The normalized spacial score (nSPS) is 20.5. The predicted octanol–water partition coefficient (Wildman–Crippen LogP) is 3.13. The molecule has 5 nitrogen and oxygen atoms in total. The van der Waals surface area contributed by atoms with E-state index in [1.54, 1.807) is 0 Å². The zero-order chi connectivity index (χ0) is 17.4. The second kappa shape index (κ2) is 9.52. The summed E-state index contributed by atoms with van der Waals surface area (Å²) in [5, 5.41) is 15.5. The van der Waals surface area contributed by atoms with E-state index in [0.29, 0.717) is 25.6 Å². The van der Waals surface area contributed by atoms with Gasteiger partial charge in [-0.25, -0.2) is 4.79 Å². The van der Waals surface area contributed by atoms with E-state index in [0.717, 1.165) is 49.0 Å². The standard InChI is InChI=1S/C19H30N2O3/c1-3-9-24-18-10-14(2)7-8-16(18)13-21-19(23)20-12-15-5-4-6-17(22)11-15/h7-8,10,15,17,22H,3-6,9,11-13H2,1-2H3,(H2,20,21,23). The van der Waals surface area contributed by atoms with Gasteiger partial charge in [0.15, 0.2) is 0 Å². The third kappa shape index (κ3) is 6.04. The molecule has 2 unspecified atom stereocenters. The van der Waals surface area contributed by atoms with Crippen molar-refractivity contribution in [3.05, 3.63) is 29.3 Å². The molecule has 1 aliphatic rings. The van der Waals surface area contributed by atoms with Gasteiger partial charge in [0.2, 0.25) is 0 Å². The molecule has 0 aliphatic heterocycles. The first-order valence-electron chi connectivity index (χ1n) is 9.00. The van der Waals surface area contributed by atoms with Crippen molar-refractivity contribution in [3.63, 3.8) is 0 Å². The highest BCUT2D eigenvalue weighted by Crippen LogP contribution is 2.23. The molecule has 1 aromatic carbocycles. The monoisotopic (exact) mass is 334 g/mol. The summed E-state index contributed by atoms with van der Waals surface area (Å²) in [6.45, 7) is 5.84. The van der Waals surface area contributed by atoms with E-state index in [2.05, 4.69) is 17.6 Å². The Morgan fingerprint density at radius 1 is 1.33 bits per heavy atom. The van der Waals surface area contributed by atoms with Crippen LogP contribution in [0.3, 0.4) is 0 Å². The Morgan fingerprint density at radius 2 is 2.17 bits per heavy atom. The minimum absolute atomic E-state index is 0.169. The van der Waals surface area contributed by atoms with Crippen LogP contribution in [-0.4, -0.2) is 30.4 Å². The average Bonchev–Trinajstić information content (AvgIpc) is 2.57. The summed E-state index contributed by atoms with van der Waals surface area (Å²) in [7, 11) is 0. The molecule has 1 aromatic rings. The minimum atomic E-state index is -0.209. The van der Waals surface area contributed by atoms with Crippen molar-refractivity contribution in [1.82, 2.24) is 10.6 Å². The molecular formula is C19H30N2O3. The van der Waals surface area contributed by atoms with E-state index in [1.807, 2.05) is 25.1 Å². The fraction of sp³-hybridized carbons (Fsp3) is 0.632. The van der Waals surface area contributed by atoms with E-state index >= 15 is 0 Å². The fourth-order valence-corrected chi connectivity index (χ4v) is 3.08. The van der Waals surface area contributed by atoms with E-state index in [4.69, 9.17) is 4.74 Å². The zero-order valence-corrected chi connectivity index (χ0v) is 14.8. The van der Waals surface area contributed by atoms with E-state index in [1.165, 1.54) is 0 Å². The van der Waals surface area contributed by atoms with Gasteiger partial charge in [-0.2, -0.15) is 0 Å². The number of amides is 2. The summed E-state index contributed by atoms with van der Waals surface area (Å²) < 4.78 is 5.77. The van der Waals surface area contributed by atoms with Crippen LogP contribution >= 0.6 is 0 Å². The third-order valence-corrected chi connectivity index (χ3v) is 4.43. The molecule has 2 atom stereocenters. The Hall–Kier alpha value is -1.75. The molecule has 0 radical (unpaired) electrons. The molecule has 2 rings (SSSR count). The molecule has 0 spiro atoms. The van der Waals surface area contributed by atoms with E-state index in [9.17, 15) is 9.90 Å². The molecule has 0 saturated heterocycles. The van der Waals surface area contributed by atoms with Crippen LogP contribution < -0.4 is 15.4 Å². The number of aryl methyl sites for hydroxylation is 1. The minimum Gasteiger partial charge on any atom is -0.493 e. The van der Waals surface area contributed by atoms with Crippen LogP contribution in [0, 0.1) is 12.8 Å². The van der Waals surface area contributed by atoms with Gasteiger partial charge in [-0.3, -0.25) is 0 Å². The molecule has 0 bridgehead atoms. The largest absolute Gasteiger partial charge is 0.493 e. The maximum absolute atomic E-state index is 12.0. The van der Waals surface area contributed by atoms with Crippen molar-refractivity contribution in [2.24, 2.45) is 5.92 Å². The van der Waals surface area contributed by atoms with Crippen molar-refractivity contribution in [1.29, 1.82) is 0 Å². The number of rotatable bonds is 7. The van der Waals surface area contributed by atoms with Crippen molar-refractivity contribution in [2.45, 2.75) is 58.6 Å². The summed E-state index contributed by atoms with van der Waals surface area (Å²) in [5.74, 6) is 1.22. The molecule has 5 heteroatoms. The SMILES string of the molecule is CCCOc1cc(C)ccc1CNC(=O)NCC1CCCC(O)C1. The topological polar surface area (TPSA) is 70.6 Å². The van der Waals surface area contributed by atoms with Crippen LogP contribution in [0.15, 0.2) is 18.2 Å². The molecular weight excluding hydrogens is 304 g/mol. The predicted molar refractivity (Wildman–Crippen MR) is 95.2 cm³/mol. The van der Waals surface area contributed by atoms with Gasteiger partial charge in [0.1, 0.15) is 5.75 Å².